The number of anilines is 3. The molecule has 0 saturated heterocycles. The van der Waals surface area contributed by atoms with E-state index in [0.29, 0.717) is 12.4 Å². The summed E-state index contributed by atoms with van der Waals surface area (Å²) in [6.45, 7) is 10.2. The van der Waals surface area contributed by atoms with Crippen molar-refractivity contribution in [3.8, 4) is 5.75 Å². The maximum atomic E-state index is 10.2. The van der Waals surface area contributed by atoms with Crippen molar-refractivity contribution in [2.75, 3.05) is 50.5 Å². The van der Waals surface area contributed by atoms with Crippen LogP contribution in [0.1, 0.15) is 36.2 Å². The van der Waals surface area contributed by atoms with E-state index < -0.39 is 0 Å². The summed E-state index contributed by atoms with van der Waals surface area (Å²) in [6.07, 6.45) is 4.11. The number of fused-ring (bicyclic) bond motifs is 2. The number of hydrogen-bond donors (Lipinski definition) is 2. The van der Waals surface area contributed by atoms with Crippen molar-refractivity contribution in [2.24, 2.45) is 0 Å². The zero-order valence-corrected chi connectivity index (χ0v) is 21.1. The first-order chi connectivity index (χ1) is 16.8. The summed E-state index contributed by atoms with van der Waals surface area (Å²) < 4.78 is 0. The van der Waals surface area contributed by atoms with Gasteiger partial charge >= 0.3 is 0 Å². The second-order valence-corrected chi connectivity index (χ2v) is 10.6. The largest absolute Gasteiger partial charge is 0.504 e. The van der Waals surface area contributed by atoms with Gasteiger partial charge in [-0.1, -0.05) is 19.9 Å². The SMILES string of the molecule is CN(C)CCN1Cc2cc(Nc3ncnc4c3CCN(c3ncccc3O)C4)ccc2C(C)(C)C1. The first kappa shape index (κ1) is 23.5. The molecule has 0 atom stereocenters. The Bertz CT molecular complexity index is 1210. The number of rotatable bonds is 6. The fourth-order valence-corrected chi connectivity index (χ4v) is 5.31. The van der Waals surface area contributed by atoms with Crippen molar-refractivity contribution < 1.29 is 5.11 Å². The molecule has 2 aliphatic rings. The first-order valence-electron chi connectivity index (χ1n) is 12.3. The predicted molar refractivity (Wildman–Crippen MR) is 139 cm³/mol. The third-order valence-electron chi connectivity index (χ3n) is 7.05. The molecule has 0 fully saturated rings. The van der Waals surface area contributed by atoms with Crippen molar-refractivity contribution in [3.63, 3.8) is 0 Å². The van der Waals surface area contributed by atoms with Gasteiger partial charge in [0.1, 0.15) is 12.1 Å². The number of aromatic nitrogens is 3. The molecule has 4 heterocycles. The molecule has 0 aliphatic carbocycles. The van der Waals surface area contributed by atoms with E-state index in [1.54, 1.807) is 24.7 Å². The Labute approximate surface area is 207 Å². The molecule has 1 aromatic carbocycles. The van der Waals surface area contributed by atoms with Crippen LogP contribution < -0.4 is 10.2 Å². The van der Waals surface area contributed by atoms with Crippen LogP contribution in [0.4, 0.5) is 17.3 Å². The number of hydrogen-bond acceptors (Lipinski definition) is 8. The topological polar surface area (TPSA) is 80.7 Å². The molecule has 8 nitrogen and oxygen atoms in total. The Morgan fingerprint density at radius 1 is 1.11 bits per heavy atom. The van der Waals surface area contributed by atoms with Gasteiger partial charge in [-0.25, -0.2) is 15.0 Å². The van der Waals surface area contributed by atoms with Gasteiger partial charge < -0.3 is 20.2 Å². The van der Waals surface area contributed by atoms with Crippen molar-refractivity contribution >= 4 is 17.3 Å². The highest BCUT2D eigenvalue weighted by atomic mass is 16.3. The van der Waals surface area contributed by atoms with Gasteiger partial charge in [0.25, 0.3) is 0 Å². The van der Waals surface area contributed by atoms with Gasteiger partial charge in [-0.05, 0) is 55.9 Å². The summed E-state index contributed by atoms with van der Waals surface area (Å²) in [5.74, 6) is 1.65. The smallest absolute Gasteiger partial charge is 0.171 e. The summed E-state index contributed by atoms with van der Waals surface area (Å²) in [5, 5.41) is 13.8. The lowest BCUT2D eigenvalue weighted by Crippen LogP contribution is -2.44. The number of likely N-dealkylation sites (N-methyl/N-ethyl adjacent to an activating group) is 1. The average Bonchev–Trinajstić information content (AvgIpc) is 2.82. The molecule has 0 amide bonds. The van der Waals surface area contributed by atoms with E-state index in [1.165, 1.54) is 11.1 Å². The zero-order valence-electron chi connectivity index (χ0n) is 21.1. The molecule has 0 radical (unpaired) electrons. The number of nitrogens with one attached hydrogen (secondary N) is 1. The Morgan fingerprint density at radius 3 is 2.77 bits per heavy atom. The minimum Gasteiger partial charge on any atom is -0.504 e. The Hall–Kier alpha value is -3.23. The van der Waals surface area contributed by atoms with Crippen LogP contribution in [-0.2, 0) is 24.9 Å². The lowest BCUT2D eigenvalue weighted by molar-refractivity contribution is 0.178. The van der Waals surface area contributed by atoms with Crippen LogP contribution in [0, 0.1) is 0 Å². The molecule has 3 aromatic rings. The molecular weight excluding hydrogens is 438 g/mol. The monoisotopic (exact) mass is 473 g/mol. The molecule has 0 bridgehead atoms. The second-order valence-electron chi connectivity index (χ2n) is 10.6. The molecule has 2 N–H and O–H groups in total. The summed E-state index contributed by atoms with van der Waals surface area (Å²) in [5.41, 5.74) is 6.08. The standard InChI is InChI=1S/C27H35N7O/c1-27(2)17-33(13-12-32(3)4)15-19-14-20(7-8-22(19)27)31-25-21-9-11-34(16-23(21)29-18-30-25)26-24(35)6-5-10-28-26/h5-8,10,14,18,35H,9,11-13,15-17H2,1-4H3,(H,29,30,31). The number of pyridine rings is 1. The first-order valence-corrected chi connectivity index (χ1v) is 12.3. The summed E-state index contributed by atoms with van der Waals surface area (Å²) in [6, 6.07) is 10.1. The minimum absolute atomic E-state index is 0.118. The van der Waals surface area contributed by atoms with Crippen LogP contribution in [0.5, 0.6) is 5.75 Å². The van der Waals surface area contributed by atoms with Gasteiger partial charge in [0.05, 0.1) is 12.2 Å². The molecule has 2 aliphatic heterocycles. The molecule has 184 valence electrons. The average molecular weight is 474 g/mol. The Morgan fingerprint density at radius 2 is 1.97 bits per heavy atom. The molecule has 35 heavy (non-hydrogen) atoms. The van der Waals surface area contributed by atoms with E-state index >= 15 is 0 Å². The lowest BCUT2D eigenvalue weighted by atomic mass is 9.78. The van der Waals surface area contributed by atoms with Crippen LogP contribution in [0.25, 0.3) is 0 Å². The van der Waals surface area contributed by atoms with E-state index in [9.17, 15) is 5.11 Å². The summed E-state index contributed by atoms with van der Waals surface area (Å²) in [7, 11) is 4.26. The third-order valence-corrected chi connectivity index (χ3v) is 7.05. The highest BCUT2D eigenvalue weighted by Crippen LogP contribution is 2.36. The minimum atomic E-state index is 0.118. The highest BCUT2D eigenvalue weighted by molar-refractivity contribution is 5.63. The molecule has 5 rings (SSSR count). The van der Waals surface area contributed by atoms with Crippen LogP contribution in [0.15, 0.2) is 42.9 Å². The fourth-order valence-electron chi connectivity index (χ4n) is 5.31. The quantitative estimate of drug-likeness (QED) is 0.563. The van der Waals surface area contributed by atoms with Crippen molar-refractivity contribution in [2.45, 2.75) is 38.8 Å². The van der Waals surface area contributed by atoms with E-state index in [4.69, 9.17) is 0 Å². The lowest BCUT2D eigenvalue weighted by Gasteiger charge is -2.40. The van der Waals surface area contributed by atoms with E-state index in [2.05, 4.69) is 81.1 Å². The Balaban J connectivity index is 1.36. The van der Waals surface area contributed by atoms with Gasteiger partial charge in [-0.2, -0.15) is 0 Å². The third kappa shape index (κ3) is 4.94. The normalized spacial score (nSPS) is 17.2. The van der Waals surface area contributed by atoms with E-state index in [-0.39, 0.29) is 11.2 Å². The van der Waals surface area contributed by atoms with Crippen molar-refractivity contribution in [1.82, 2.24) is 24.8 Å². The van der Waals surface area contributed by atoms with Gasteiger partial charge in [0.15, 0.2) is 11.6 Å². The fraction of sp³-hybridized carbons (Fsp3) is 0.444. The number of aromatic hydroxyl groups is 1. The van der Waals surface area contributed by atoms with Crippen molar-refractivity contribution in [1.29, 1.82) is 0 Å². The maximum Gasteiger partial charge on any atom is 0.171 e. The molecular formula is C27H35N7O. The van der Waals surface area contributed by atoms with Crippen LogP contribution in [0.2, 0.25) is 0 Å². The van der Waals surface area contributed by atoms with E-state index in [0.717, 1.165) is 61.9 Å². The van der Waals surface area contributed by atoms with Gasteiger partial charge in [0.2, 0.25) is 0 Å². The van der Waals surface area contributed by atoms with Crippen LogP contribution >= 0.6 is 0 Å². The highest BCUT2D eigenvalue weighted by Gasteiger charge is 2.32. The van der Waals surface area contributed by atoms with E-state index in [1.807, 2.05) is 0 Å². The molecule has 8 heteroatoms. The molecule has 0 unspecified atom stereocenters. The second kappa shape index (κ2) is 9.43. The zero-order chi connectivity index (χ0) is 24.6. The van der Waals surface area contributed by atoms with Crippen LogP contribution in [-0.4, -0.2) is 70.1 Å². The molecule has 0 spiro atoms. The molecule has 2 aromatic heterocycles. The van der Waals surface area contributed by atoms with Gasteiger partial charge in [-0.3, -0.25) is 4.90 Å². The van der Waals surface area contributed by atoms with Gasteiger partial charge in [0, 0.05) is 55.6 Å². The predicted octanol–water partition coefficient (Wildman–Crippen LogP) is 3.54. The number of benzene rings is 1. The maximum absolute atomic E-state index is 10.2. The Kier molecular flexibility index (Phi) is 6.34. The number of nitrogens with zero attached hydrogens (tertiary/aromatic N) is 6. The van der Waals surface area contributed by atoms with Crippen molar-refractivity contribution in [3.05, 3.63) is 65.2 Å². The summed E-state index contributed by atoms with van der Waals surface area (Å²) in [4.78, 5) is 20.4. The molecule has 0 saturated carbocycles. The van der Waals surface area contributed by atoms with Gasteiger partial charge in [-0.15, -0.1) is 0 Å². The summed E-state index contributed by atoms with van der Waals surface area (Å²) >= 11 is 0. The van der Waals surface area contributed by atoms with Crippen LogP contribution in [0.3, 0.4) is 0 Å².